The molecule has 1 N–H and O–H groups in total. The van der Waals surface area contributed by atoms with Crippen LogP contribution in [0.25, 0.3) is 22.5 Å². The highest BCUT2D eigenvalue weighted by atomic mass is 32.1. The van der Waals surface area contributed by atoms with Crippen molar-refractivity contribution in [2.24, 2.45) is 0 Å². The quantitative estimate of drug-likeness (QED) is 0.295. The third-order valence-electron chi connectivity index (χ3n) is 6.40. The van der Waals surface area contributed by atoms with Crippen LogP contribution in [0.3, 0.4) is 0 Å². The Morgan fingerprint density at radius 2 is 2.00 bits per heavy atom. The Bertz CT molecular complexity index is 1570. The van der Waals surface area contributed by atoms with Gasteiger partial charge in [0.15, 0.2) is 0 Å². The van der Waals surface area contributed by atoms with E-state index in [1.165, 1.54) is 27.8 Å². The van der Waals surface area contributed by atoms with Gasteiger partial charge >= 0.3 is 0 Å². The molecule has 0 fully saturated rings. The fourth-order valence-corrected chi connectivity index (χ4v) is 5.33. The van der Waals surface area contributed by atoms with Crippen molar-refractivity contribution in [1.29, 1.82) is 0 Å². The first kappa shape index (κ1) is 23.2. The number of nitrogens with zero attached hydrogens (tertiary/aromatic N) is 4. The Morgan fingerprint density at radius 1 is 1.11 bits per heavy atom. The first-order valence-corrected chi connectivity index (χ1v) is 12.9. The normalized spacial score (nSPS) is 11.6. The molecule has 1 aliphatic rings. The average molecular weight is 508 g/mol. The standard InChI is InChI=1S/C29H25N5O2S/c1-35-12-10-20-4-7-24(8-5-20)36-11-2-3-25-14-23(17-37-25)28-27-15-22-13-21(16-34-19-30-18-31-34)6-9-26(22)29(27)33-32-28/h4-9,13-14,17-19H,10-12,15-16H2,1H3,(H,32,33). The topological polar surface area (TPSA) is 77.9 Å². The third-order valence-corrected chi connectivity index (χ3v) is 7.24. The highest BCUT2D eigenvalue weighted by molar-refractivity contribution is 7.11. The van der Waals surface area contributed by atoms with E-state index in [-0.39, 0.29) is 0 Å². The van der Waals surface area contributed by atoms with Crippen LogP contribution in [0, 0.1) is 11.8 Å². The van der Waals surface area contributed by atoms with Gasteiger partial charge in [0.05, 0.1) is 29.4 Å². The second-order valence-corrected chi connectivity index (χ2v) is 9.78. The molecule has 0 saturated carbocycles. The predicted octanol–water partition coefficient (Wildman–Crippen LogP) is 4.97. The molecule has 6 rings (SSSR count). The zero-order valence-electron chi connectivity index (χ0n) is 20.4. The molecular formula is C29H25N5O2S. The lowest BCUT2D eigenvalue weighted by Gasteiger charge is -2.05. The van der Waals surface area contributed by atoms with Crippen molar-refractivity contribution < 1.29 is 9.47 Å². The van der Waals surface area contributed by atoms with Crippen LogP contribution in [0.1, 0.15) is 27.1 Å². The minimum absolute atomic E-state index is 0.342. The number of hydrogen-bond donors (Lipinski definition) is 1. The van der Waals surface area contributed by atoms with Crippen molar-refractivity contribution in [3.05, 3.63) is 93.7 Å². The highest BCUT2D eigenvalue weighted by Gasteiger charge is 2.25. The number of thiophene rings is 1. The number of nitrogens with one attached hydrogen (secondary N) is 1. The predicted molar refractivity (Wildman–Crippen MR) is 144 cm³/mol. The number of fused-ring (bicyclic) bond motifs is 3. The molecule has 5 aromatic rings. The Morgan fingerprint density at radius 3 is 2.84 bits per heavy atom. The Hall–Kier alpha value is -4.19. The van der Waals surface area contributed by atoms with Crippen LogP contribution >= 0.6 is 11.3 Å². The maximum Gasteiger partial charge on any atom is 0.149 e. The number of aromatic amines is 1. The lowest BCUT2D eigenvalue weighted by atomic mass is 10.1. The minimum Gasteiger partial charge on any atom is -0.481 e. The van der Waals surface area contributed by atoms with Crippen LogP contribution in [-0.4, -0.2) is 45.3 Å². The number of H-pyrrole nitrogens is 1. The van der Waals surface area contributed by atoms with Gasteiger partial charge in [-0.25, -0.2) is 9.67 Å². The first-order chi connectivity index (χ1) is 18.3. The summed E-state index contributed by atoms with van der Waals surface area (Å²) in [6.07, 6.45) is 5.05. The minimum atomic E-state index is 0.342. The molecule has 1 aliphatic carbocycles. The van der Waals surface area contributed by atoms with Gasteiger partial charge < -0.3 is 9.47 Å². The molecule has 0 amide bonds. The zero-order chi connectivity index (χ0) is 25.0. The molecule has 7 nitrogen and oxygen atoms in total. The monoisotopic (exact) mass is 507 g/mol. The van der Waals surface area contributed by atoms with Gasteiger partial charge in [-0.15, -0.1) is 11.3 Å². The maximum atomic E-state index is 5.78. The van der Waals surface area contributed by atoms with Crippen molar-refractivity contribution in [2.75, 3.05) is 20.3 Å². The van der Waals surface area contributed by atoms with E-state index >= 15 is 0 Å². The van der Waals surface area contributed by atoms with Gasteiger partial charge in [-0.05, 0) is 41.3 Å². The van der Waals surface area contributed by atoms with E-state index in [1.54, 1.807) is 31.1 Å². The van der Waals surface area contributed by atoms with Gasteiger partial charge in [-0.1, -0.05) is 42.2 Å². The van der Waals surface area contributed by atoms with E-state index in [9.17, 15) is 0 Å². The van der Waals surface area contributed by atoms with Crippen LogP contribution in [-0.2, 0) is 24.1 Å². The Kier molecular flexibility index (Phi) is 6.55. The molecular weight excluding hydrogens is 482 g/mol. The number of methoxy groups -OCH3 is 1. The van der Waals surface area contributed by atoms with Crippen molar-refractivity contribution in [3.63, 3.8) is 0 Å². The molecule has 0 radical (unpaired) electrons. The summed E-state index contributed by atoms with van der Waals surface area (Å²) in [7, 11) is 1.71. The second kappa shape index (κ2) is 10.4. The van der Waals surface area contributed by atoms with Gasteiger partial charge in [0.2, 0.25) is 0 Å². The molecule has 0 unspecified atom stereocenters. The number of rotatable bonds is 8. The van der Waals surface area contributed by atoms with E-state index in [0.717, 1.165) is 40.4 Å². The number of ether oxygens (including phenoxy) is 2. The third kappa shape index (κ3) is 5.05. The van der Waals surface area contributed by atoms with Crippen LogP contribution in [0.4, 0.5) is 0 Å². The molecule has 0 aliphatic heterocycles. The molecule has 0 saturated heterocycles. The summed E-state index contributed by atoms with van der Waals surface area (Å²) in [5.74, 6) is 7.17. The summed E-state index contributed by atoms with van der Waals surface area (Å²) in [4.78, 5) is 5.03. The number of aromatic nitrogens is 5. The largest absolute Gasteiger partial charge is 0.481 e. The zero-order valence-corrected chi connectivity index (χ0v) is 21.2. The molecule has 184 valence electrons. The molecule has 8 heteroatoms. The summed E-state index contributed by atoms with van der Waals surface area (Å²) < 4.78 is 12.7. The molecule has 37 heavy (non-hydrogen) atoms. The van der Waals surface area contributed by atoms with Gasteiger partial charge in [0.1, 0.15) is 25.0 Å². The maximum absolute atomic E-state index is 5.78. The van der Waals surface area contributed by atoms with Crippen molar-refractivity contribution >= 4 is 11.3 Å². The van der Waals surface area contributed by atoms with Crippen LogP contribution < -0.4 is 4.74 Å². The van der Waals surface area contributed by atoms with E-state index in [1.807, 2.05) is 16.8 Å². The van der Waals surface area contributed by atoms with Crippen molar-refractivity contribution in [3.8, 4) is 40.1 Å². The van der Waals surface area contributed by atoms with Crippen LogP contribution in [0.2, 0.25) is 0 Å². The first-order valence-electron chi connectivity index (χ1n) is 12.1. The van der Waals surface area contributed by atoms with E-state index < -0.39 is 0 Å². The molecule has 0 atom stereocenters. The van der Waals surface area contributed by atoms with Crippen LogP contribution in [0.5, 0.6) is 5.75 Å². The highest BCUT2D eigenvalue weighted by Crippen LogP contribution is 2.41. The molecule has 3 heterocycles. The fourth-order valence-electron chi connectivity index (χ4n) is 4.57. The van der Waals surface area contributed by atoms with Gasteiger partial charge in [-0.3, -0.25) is 5.10 Å². The molecule has 2 aromatic carbocycles. The Balaban J connectivity index is 1.10. The van der Waals surface area contributed by atoms with Crippen molar-refractivity contribution in [1.82, 2.24) is 25.0 Å². The van der Waals surface area contributed by atoms with E-state index in [2.05, 4.69) is 73.9 Å². The summed E-state index contributed by atoms with van der Waals surface area (Å²) in [6.45, 7) is 1.77. The van der Waals surface area contributed by atoms with Crippen LogP contribution in [0.15, 0.2) is 66.6 Å². The summed E-state index contributed by atoms with van der Waals surface area (Å²) in [5, 5.41) is 14.2. The summed E-state index contributed by atoms with van der Waals surface area (Å²) >= 11 is 1.63. The SMILES string of the molecule is COCCc1ccc(OCC#Cc2cc(-c3n[nH]c4c3Cc3cc(Cn5cncn5)ccc3-4)cs2)cc1. The van der Waals surface area contributed by atoms with Gasteiger partial charge in [0.25, 0.3) is 0 Å². The summed E-state index contributed by atoms with van der Waals surface area (Å²) in [6, 6.07) is 16.8. The van der Waals surface area contributed by atoms with Crippen molar-refractivity contribution in [2.45, 2.75) is 19.4 Å². The lowest BCUT2D eigenvalue weighted by molar-refractivity contribution is 0.202. The van der Waals surface area contributed by atoms with Gasteiger partial charge in [0, 0.05) is 35.6 Å². The van der Waals surface area contributed by atoms with Gasteiger partial charge in [-0.2, -0.15) is 10.2 Å². The number of benzene rings is 2. The molecule has 3 aromatic heterocycles. The lowest BCUT2D eigenvalue weighted by Crippen LogP contribution is -2.00. The fraction of sp³-hybridized carbons (Fsp3) is 0.207. The summed E-state index contributed by atoms with van der Waals surface area (Å²) in [5.41, 5.74) is 9.40. The second-order valence-electron chi connectivity index (χ2n) is 8.86. The molecule has 0 bridgehead atoms. The number of hydrogen-bond acceptors (Lipinski definition) is 6. The average Bonchev–Trinajstić information content (AvgIpc) is 3.71. The smallest absolute Gasteiger partial charge is 0.149 e. The Labute approximate surface area is 219 Å². The van der Waals surface area contributed by atoms with E-state index in [0.29, 0.717) is 19.8 Å². The van der Waals surface area contributed by atoms with E-state index in [4.69, 9.17) is 9.47 Å². The molecule has 0 spiro atoms.